The fourth-order valence-corrected chi connectivity index (χ4v) is 3.89. The van der Waals surface area contributed by atoms with Gasteiger partial charge >= 0.3 is 11.9 Å². The molecule has 4 nitrogen and oxygen atoms in total. The van der Waals surface area contributed by atoms with Crippen LogP contribution in [0.2, 0.25) is 0 Å². The number of unbranched alkanes of at least 4 members (excludes halogenated alkanes) is 13. The Morgan fingerprint density at radius 1 is 0.600 bits per heavy atom. The van der Waals surface area contributed by atoms with Crippen molar-refractivity contribution in [3.05, 3.63) is 0 Å². The number of carbonyl (C=O) groups excluding carboxylic acids is 2. The molecule has 4 heteroatoms. The van der Waals surface area contributed by atoms with Crippen LogP contribution in [0.4, 0.5) is 0 Å². The lowest BCUT2D eigenvalue weighted by molar-refractivity contribution is -0.161. The lowest BCUT2D eigenvalue weighted by Crippen LogP contribution is -2.29. The Labute approximate surface area is 186 Å². The lowest BCUT2D eigenvalue weighted by atomic mass is 9.96. The van der Waals surface area contributed by atoms with Crippen LogP contribution < -0.4 is 0 Å². The van der Waals surface area contributed by atoms with Crippen molar-refractivity contribution >= 4 is 11.9 Å². The Morgan fingerprint density at radius 3 is 1.40 bits per heavy atom. The van der Waals surface area contributed by atoms with Crippen LogP contribution in [0, 0.1) is 11.8 Å². The highest BCUT2D eigenvalue weighted by molar-refractivity contribution is 5.91. The van der Waals surface area contributed by atoms with Crippen molar-refractivity contribution in [3.8, 4) is 0 Å². The summed E-state index contributed by atoms with van der Waals surface area (Å²) in [6, 6.07) is 0. The Kier molecular flexibility index (Phi) is 19.2. The molecule has 0 saturated carbocycles. The van der Waals surface area contributed by atoms with Gasteiger partial charge in [-0.25, -0.2) is 0 Å². The number of rotatable bonds is 20. The summed E-state index contributed by atoms with van der Waals surface area (Å²) in [6.07, 6.45) is 17.7. The van der Waals surface area contributed by atoms with E-state index in [1.807, 2.05) is 27.7 Å². The van der Waals surface area contributed by atoms with Crippen LogP contribution in [0.5, 0.6) is 0 Å². The van der Waals surface area contributed by atoms with E-state index in [9.17, 15) is 9.59 Å². The molecule has 178 valence electrons. The standard InChI is InChI=1S/C26H50O4/c1-6-7-8-9-10-11-12-13-14-15-16-17-18-19-20-29-24(27)21-25(28)30-26(22(2)3)23(4)5/h22-23,26H,6-21H2,1-5H3. The fourth-order valence-electron chi connectivity index (χ4n) is 3.89. The van der Waals surface area contributed by atoms with Crippen molar-refractivity contribution in [2.24, 2.45) is 11.8 Å². The first-order chi connectivity index (χ1) is 14.4. The number of carbonyl (C=O) groups is 2. The highest BCUT2D eigenvalue weighted by Crippen LogP contribution is 2.17. The first-order valence-electron chi connectivity index (χ1n) is 12.7. The van der Waals surface area contributed by atoms with Crippen molar-refractivity contribution in [1.29, 1.82) is 0 Å². The summed E-state index contributed by atoms with van der Waals surface area (Å²) in [4.78, 5) is 23.7. The molecule has 0 radical (unpaired) electrons. The molecule has 0 aromatic rings. The van der Waals surface area contributed by atoms with Crippen LogP contribution in [-0.4, -0.2) is 24.6 Å². The summed E-state index contributed by atoms with van der Waals surface area (Å²) in [7, 11) is 0. The zero-order chi connectivity index (χ0) is 22.6. The maximum Gasteiger partial charge on any atom is 0.317 e. The van der Waals surface area contributed by atoms with Gasteiger partial charge in [-0.3, -0.25) is 9.59 Å². The zero-order valence-electron chi connectivity index (χ0n) is 20.7. The molecule has 0 aromatic heterocycles. The number of hydrogen-bond acceptors (Lipinski definition) is 4. The quantitative estimate of drug-likeness (QED) is 0.114. The molecule has 0 rings (SSSR count). The summed E-state index contributed by atoms with van der Waals surface area (Å²) in [5, 5.41) is 0. The van der Waals surface area contributed by atoms with Gasteiger partial charge in [0.05, 0.1) is 6.61 Å². The first kappa shape index (κ1) is 28.9. The second kappa shape index (κ2) is 19.9. The average Bonchev–Trinajstić information content (AvgIpc) is 2.68. The molecule has 0 spiro atoms. The SMILES string of the molecule is CCCCCCCCCCCCCCCCOC(=O)CC(=O)OC(C(C)C)C(C)C. The molecular weight excluding hydrogens is 376 g/mol. The van der Waals surface area contributed by atoms with Gasteiger partial charge < -0.3 is 9.47 Å². The van der Waals surface area contributed by atoms with Gasteiger partial charge in [-0.1, -0.05) is 118 Å². The van der Waals surface area contributed by atoms with Gasteiger partial charge in [0.25, 0.3) is 0 Å². The predicted octanol–water partition coefficient (Wildman–Crippen LogP) is 7.62. The molecule has 0 bridgehead atoms. The van der Waals surface area contributed by atoms with E-state index >= 15 is 0 Å². The van der Waals surface area contributed by atoms with Crippen LogP contribution in [0.15, 0.2) is 0 Å². The first-order valence-corrected chi connectivity index (χ1v) is 12.7. The molecule has 0 aliphatic rings. The van der Waals surface area contributed by atoms with Crippen LogP contribution in [-0.2, 0) is 19.1 Å². The minimum Gasteiger partial charge on any atom is -0.465 e. The Morgan fingerprint density at radius 2 is 1.00 bits per heavy atom. The number of esters is 2. The summed E-state index contributed by atoms with van der Waals surface area (Å²) >= 11 is 0. The molecule has 0 amide bonds. The van der Waals surface area contributed by atoms with Crippen molar-refractivity contribution in [2.75, 3.05) is 6.61 Å². The highest BCUT2D eigenvalue weighted by Gasteiger charge is 2.23. The molecule has 0 unspecified atom stereocenters. The third kappa shape index (κ3) is 17.8. The molecule has 0 saturated heterocycles. The van der Waals surface area contributed by atoms with Crippen LogP contribution in [0.25, 0.3) is 0 Å². The largest absolute Gasteiger partial charge is 0.465 e. The minimum absolute atomic E-state index is 0.156. The van der Waals surface area contributed by atoms with Crippen LogP contribution in [0.3, 0.4) is 0 Å². The topological polar surface area (TPSA) is 52.6 Å². The third-order valence-electron chi connectivity index (χ3n) is 5.63. The fraction of sp³-hybridized carbons (Fsp3) is 0.923. The third-order valence-corrected chi connectivity index (χ3v) is 5.63. The molecule has 0 aliphatic carbocycles. The van der Waals surface area contributed by atoms with Gasteiger partial charge in [-0.2, -0.15) is 0 Å². The molecular formula is C26H50O4. The highest BCUT2D eigenvalue weighted by atomic mass is 16.6. The summed E-state index contributed by atoms with van der Waals surface area (Å²) in [5.74, 6) is -0.477. The molecule has 30 heavy (non-hydrogen) atoms. The van der Waals surface area contributed by atoms with E-state index in [0.717, 1.165) is 12.8 Å². The van der Waals surface area contributed by atoms with Gasteiger partial charge in [0, 0.05) is 0 Å². The Balaban J connectivity index is 3.47. The van der Waals surface area contributed by atoms with E-state index in [1.54, 1.807) is 0 Å². The maximum atomic E-state index is 11.9. The van der Waals surface area contributed by atoms with Crippen LogP contribution >= 0.6 is 0 Å². The molecule has 0 heterocycles. The van der Waals surface area contributed by atoms with Gasteiger partial charge in [-0.15, -0.1) is 0 Å². The van der Waals surface area contributed by atoms with Gasteiger partial charge in [-0.05, 0) is 18.3 Å². The van der Waals surface area contributed by atoms with Crippen molar-refractivity contribution in [2.45, 2.75) is 137 Å². The van der Waals surface area contributed by atoms with E-state index in [2.05, 4.69) is 6.92 Å². The normalized spacial score (nSPS) is 11.5. The van der Waals surface area contributed by atoms with Crippen molar-refractivity contribution in [1.82, 2.24) is 0 Å². The summed E-state index contributed by atoms with van der Waals surface area (Å²) in [5.41, 5.74) is 0. The molecule has 0 atom stereocenters. The second-order valence-electron chi connectivity index (χ2n) is 9.44. The molecule has 0 N–H and O–H groups in total. The van der Waals surface area contributed by atoms with E-state index in [-0.39, 0.29) is 24.4 Å². The van der Waals surface area contributed by atoms with E-state index in [0.29, 0.717) is 6.61 Å². The van der Waals surface area contributed by atoms with Gasteiger partial charge in [0.1, 0.15) is 12.5 Å². The Bertz CT molecular complexity index is 409. The minimum atomic E-state index is -0.478. The molecule has 0 aromatic carbocycles. The second-order valence-corrected chi connectivity index (χ2v) is 9.44. The van der Waals surface area contributed by atoms with Crippen molar-refractivity contribution < 1.29 is 19.1 Å². The van der Waals surface area contributed by atoms with Crippen molar-refractivity contribution in [3.63, 3.8) is 0 Å². The maximum absolute atomic E-state index is 11.9. The average molecular weight is 427 g/mol. The van der Waals surface area contributed by atoms with E-state index in [1.165, 1.54) is 77.0 Å². The van der Waals surface area contributed by atoms with Crippen LogP contribution in [0.1, 0.15) is 131 Å². The van der Waals surface area contributed by atoms with E-state index in [4.69, 9.17) is 9.47 Å². The monoisotopic (exact) mass is 426 g/mol. The lowest BCUT2D eigenvalue weighted by Gasteiger charge is -2.24. The van der Waals surface area contributed by atoms with Gasteiger partial charge in [0.15, 0.2) is 0 Å². The predicted molar refractivity (Wildman–Crippen MR) is 125 cm³/mol. The summed E-state index contributed by atoms with van der Waals surface area (Å²) in [6.45, 7) is 10.7. The van der Waals surface area contributed by atoms with Gasteiger partial charge in [0.2, 0.25) is 0 Å². The summed E-state index contributed by atoms with van der Waals surface area (Å²) < 4.78 is 10.6. The molecule has 0 aliphatic heterocycles. The number of hydrogen-bond donors (Lipinski definition) is 0. The molecule has 0 fully saturated rings. The Hall–Kier alpha value is -1.06. The van der Waals surface area contributed by atoms with E-state index < -0.39 is 11.9 Å². The zero-order valence-corrected chi connectivity index (χ0v) is 20.7. The smallest absolute Gasteiger partial charge is 0.317 e. The number of ether oxygens (including phenoxy) is 2.